The van der Waals surface area contributed by atoms with E-state index in [9.17, 15) is 9.59 Å². The van der Waals surface area contributed by atoms with Crippen molar-refractivity contribution in [1.82, 2.24) is 5.32 Å². The highest BCUT2D eigenvalue weighted by molar-refractivity contribution is 5.98. The van der Waals surface area contributed by atoms with E-state index in [1.54, 1.807) is 25.3 Å². The number of nitrogens with one attached hydrogen (secondary N) is 1. The highest BCUT2D eigenvalue weighted by atomic mass is 16.5. The van der Waals surface area contributed by atoms with Crippen LogP contribution in [0.2, 0.25) is 0 Å². The normalized spacial score (nSPS) is 14.9. The first kappa shape index (κ1) is 20.7. The first-order chi connectivity index (χ1) is 14.0. The molecule has 6 nitrogen and oxygen atoms in total. The fourth-order valence-corrected chi connectivity index (χ4v) is 3.51. The van der Waals surface area contributed by atoms with Crippen molar-refractivity contribution in [3.8, 4) is 11.5 Å². The van der Waals surface area contributed by atoms with Gasteiger partial charge in [-0.05, 0) is 68.5 Å². The van der Waals surface area contributed by atoms with E-state index in [4.69, 9.17) is 14.2 Å². The average Bonchev–Trinajstić information content (AvgIpc) is 3.26. The van der Waals surface area contributed by atoms with Crippen LogP contribution in [0.3, 0.4) is 0 Å². The van der Waals surface area contributed by atoms with E-state index in [1.165, 1.54) is 26.0 Å². The van der Waals surface area contributed by atoms with Gasteiger partial charge in [0, 0.05) is 5.56 Å². The van der Waals surface area contributed by atoms with Gasteiger partial charge in [-0.1, -0.05) is 12.1 Å². The number of hydrogen-bond acceptors (Lipinski definition) is 5. The Morgan fingerprint density at radius 2 is 1.72 bits per heavy atom. The van der Waals surface area contributed by atoms with Gasteiger partial charge in [0.1, 0.15) is 0 Å². The molecule has 1 N–H and O–H groups in total. The summed E-state index contributed by atoms with van der Waals surface area (Å²) in [4.78, 5) is 24.3. The lowest BCUT2D eigenvalue weighted by Gasteiger charge is -2.19. The van der Waals surface area contributed by atoms with Crippen LogP contribution in [0.5, 0.6) is 11.5 Å². The van der Waals surface area contributed by atoms with Crippen LogP contribution < -0.4 is 14.8 Å². The Bertz CT molecular complexity index is 873. The lowest BCUT2D eigenvalue weighted by atomic mass is 10.1. The van der Waals surface area contributed by atoms with E-state index >= 15 is 0 Å². The van der Waals surface area contributed by atoms with Crippen LogP contribution in [0.25, 0.3) is 0 Å². The first-order valence-electron chi connectivity index (χ1n) is 9.85. The molecule has 1 atom stereocenters. The molecule has 1 fully saturated rings. The topological polar surface area (TPSA) is 73.9 Å². The molecule has 1 unspecified atom stereocenters. The van der Waals surface area contributed by atoms with Crippen LogP contribution >= 0.6 is 0 Å². The zero-order valence-corrected chi connectivity index (χ0v) is 17.1. The molecule has 1 aliphatic rings. The predicted octanol–water partition coefficient (Wildman–Crippen LogP) is 4.29. The van der Waals surface area contributed by atoms with Crippen molar-refractivity contribution in [3.05, 3.63) is 59.2 Å². The summed E-state index contributed by atoms with van der Waals surface area (Å²) in [6.07, 6.45) is 4.79. The summed E-state index contributed by atoms with van der Waals surface area (Å²) in [6, 6.07) is 11.9. The van der Waals surface area contributed by atoms with Gasteiger partial charge in [0.2, 0.25) is 0 Å². The SMILES string of the molecule is COC(=O)c1cccc(C(=O)NC(C)c2ccc(OC3CCCC3)c(OC)c2)c1. The summed E-state index contributed by atoms with van der Waals surface area (Å²) in [6.45, 7) is 1.90. The highest BCUT2D eigenvalue weighted by Gasteiger charge is 2.20. The number of ether oxygens (including phenoxy) is 3. The zero-order chi connectivity index (χ0) is 20.8. The quantitative estimate of drug-likeness (QED) is 0.706. The van der Waals surface area contributed by atoms with E-state index in [2.05, 4.69) is 5.32 Å². The molecule has 0 spiro atoms. The van der Waals surface area contributed by atoms with Gasteiger partial charge in [0.25, 0.3) is 5.91 Å². The molecule has 0 heterocycles. The van der Waals surface area contributed by atoms with Crippen LogP contribution in [0, 0.1) is 0 Å². The number of amides is 1. The third-order valence-electron chi connectivity index (χ3n) is 5.18. The fraction of sp³-hybridized carbons (Fsp3) is 0.391. The molecule has 3 rings (SSSR count). The summed E-state index contributed by atoms with van der Waals surface area (Å²) >= 11 is 0. The highest BCUT2D eigenvalue weighted by Crippen LogP contribution is 2.33. The summed E-state index contributed by atoms with van der Waals surface area (Å²) < 4.78 is 16.3. The van der Waals surface area contributed by atoms with Crippen molar-refractivity contribution in [2.75, 3.05) is 14.2 Å². The molecular formula is C23H27NO5. The average molecular weight is 397 g/mol. The largest absolute Gasteiger partial charge is 0.493 e. The molecule has 2 aromatic rings. The van der Waals surface area contributed by atoms with Crippen LogP contribution in [-0.4, -0.2) is 32.2 Å². The molecular weight excluding hydrogens is 370 g/mol. The van der Waals surface area contributed by atoms with Gasteiger partial charge in [-0.15, -0.1) is 0 Å². The molecule has 0 bridgehead atoms. The monoisotopic (exact) mass is 397 g/mol. The Balaban J connectivity index is 1.70. The minimum atomic E-state index is -0.477. The second-order valence-electron chi connectivity index (χ2n) is 7.20. The number of esters is 1. The van der Waals surface area contributed by atoms with Crippen LogP contribution in [0.15, 0.2) is 42.5 Å². The molecule has 0 aromatic heterocycles. The summed E-state index contributed by atoms with van der Waals surface area (Å²) in [7, 11) is 2.92. The van der Waals surface area contributed by atoms with E-state index in [1.807, 2.05) is 25.1 Å². The molecule has 1 aliphatic carbocycles. The Labute approximate surface area is 171 Å². The number of hydrogen-bond donors (Lipinski definition) is 1. The van der Waals surface area contributed by atoms with Crippen molar-refractivity contribution in [2.45, 2.75) is 44.8 Å². The predicted molar refractivity (Wildman–Crippen MR) is 110 cm³/mol. The number of carbonyl (C=O) groups excluding carboxylic acids is 2. The smallest absolute Gasteiger partial charge is 0.337 e. The molecule has 154 valence electrons. The molecule has 0 radical (unpaired) electrons. The lowest BCUT2D eigenvalue weighted by molar-refractivity contribution is 0.0600. The molecule has 2 aromatic carbocycles. The first-order valence-corrected chi connectivity index (χ1v) is 9.85. The maximum absolute atomic E-state index is 12.6. The summed E-state index contributed by atoms with van der Waals surface area (Å²) in [5, 5.41) is 2.95. The van der Waals surface area contributed by atoms with Crippen molar-refractivity contribution in [2.24, 2.45) is 0 Å². The van der Waals surface area contributed by atoms with Crippen LogP contribution in [0.4, 0.5) is 0 Å². The number of methoxy groups -OCH3 is 2. The Hall–Kier alpha value is -3.02. The molecule has 0 saturated heterocycles. The van der Waals surface area contributed by atoms with E-state index in [-0.39, 0.29) is 18.1 Å². The molecule has 0 aliphatic heterocycles. The standard InChI is InChI=1S/C23H27NO5/c1-15(24-22(25)17-7-6-8-18(13-17)23(26)28-3)16-11-12-20(21(14-16)27-2)29-19-9-4-5-10-19/h6-8,11-15,19H,4-5,9-10H2,1-3H3,(H,24,25). The second kappa shape index (κ2) is 9.45. The molecule has 1 saturated carbocycles. The Morgan fingerprint density at radius 1 is 1.00 bits per heavy atom. The molecule has 6 heteroatoms. The van der Waals surface area contributed by atoms with Gasteiger partial charge in [-0.2, -0.15) is 0 Å². The van der Waals surface area contributed by atoms with E-state index in [0.717, 1.165) is 24.2 Å². The van der Waals surface area contributed by atoms with Gasteiger partial charge in [0.15, 0.2) is 11.5 Å². The summed E-state index contributed by atoms with van der Waals surface area (Å²) in [5.74, 6) is 0.638. The van der Waals surface area contributed by atoms with E-state index < -0.39 is 5.97 Å². The van der Waals surface area contributed by atoms with Crippen molar-refractivity contribution < 1.29 is 23.8 Å². The van der Waals surface area contributed by atoms with Gasteiger partial charge in [0.05, 0.1) is 31.9 Å². The maximum atomic E-state index is 12.6. The minimum absolute atomic E-state index is 0.244. The van der Waals surface area contributed by atoms with Gasteiger partial charge < -0.3 is 19.5 Å². The maximum Gasteiger partial charge on any atom is 0.337 e. The number of rotatable bonds is 7. The lowest BCUT2D eigenvalue weighted by Crippen LogP contribution is -2.27. The number of benzene rings is 2. The Kier molecular flexibility index (Phi) is 6.75. The fourth-order valence-electron chi connectivity index (χ4n) is 3.51. The molecule has 1 amide bonds. The minimum Gasteiger partial charge on any atom is -0.493 e. The Morgan fingerprint density at radius 3 is 2.41 bits per heavy atom. The third kappa shape index (κ3) is 5.08. The van der Waals surface area contributed by atoms with Crippen molar-refractivity contribution in [1.29, 1.82) is 0 Å². The van der Waals surface area contributed by atoms with Crippen LogP contribution in [0.1, 0.15) is 64.9 Å². The molecule has 29 heavy (non-hydrogen) atoms. The van der Waals surface area contributed by atoms with Gasteiger partial charge >= 0.3 is 5.97 Å². The van der Waals surface area contributed by atoms with Crippen molar-refractivity contribution in [3.63, 3.8) is 0 Å². The zero-order valence-electron chi connectivity index (χ0n) is 17.1. The second-order valence-corrected chi connectivity index (χ2v) is 7.20. The van der Waals surface area contributed by atoms with Gasteiger partial charge in [-0.3, -0.25) is 4.79 Å². The summed E-state index contributed by atoms with van der Waals surface area (Å²) in [5.41, 5.74) is 1.63. The van der Waals surface area contributed by atoms with Crippen LogP contribution in [-0.2, 0) is 4.74 Å². The third-order valence-corrected chi connectivity index (χ3v) is 5.18. The van der Waals surface area contributed by atoms with Gasteiger partial charge in [-0.25, -0.2) is 4.79 Å². The van der Waals surface area contributed by atoms with Crippen molar-refractivity contribution >= 4 is 11.9 Å². The number of carbonyl (C=O) groups is 2. The van der Waals surface area contributed by atoms with E-state index in [0.29, 0.717) is 16.9 Å².